The molecule has 3 nitrogen and oxygen atoms in total. The first-order chi connectivity index (χ1) is 10.9. The van der Waals surface area contributed by atoms with Gasteiger partial charge in [-0.2, -0.15) is 0 Å². The van der Waals surface area contributed by atoms with Gasteiger partial charge in [0.2, 0.25) is 0 Å². The molecular formula is C20H30N2O. The fraction of sp³-hybridized carbons (Fsp3) is 0.650. The SMILES string of the molecule is CC(C)(C)c1ccc(C(=O)N2CCN(C3CCCC3)CC2)cc1. The van der Waals surface area contributed by atoms with Gasteiger partial charge in [-0.25, -0.2) is 0 Å². The maximum atomic E-state index is 12.7. The quantitative estimate of drug-likeness (QED) is 0.831. The summed E-state index contributed by atoms with van der Waals surface area (Å²) in [4.78, 5) is 17.3. The minimum Gasteiger partial charge on any atom is -0.336 e. The summed E-state index contributed by atoms with van der Waals surface area (Å²) in [5.74, 6) is 0.191. The zero-order valence-corrected chi connectivity index (χ0v) is 14.8. The Morgan fingerprint density at radius 2 is 1.52 bits per heavy atom. The van der Waals surface area contributed by atoms with Gasteiger partial charge in [0.15, 0.2) is 0 Å². The van der Waals surface area contributed by atoms with E-state index in [1.54, 1.807) is 0 Å². The number of piperazine rings is 1. The van der Waals surface area contributed by atoms with Gasteiger partial charge >= 0.3 is 0 Å². The highest BCUT2D eigenvalue weighted by molar-refractivity contribution is 5.94. The van der Waals surface area contributed by atoms with Gasteiger partial charge < -0.3 is 4.90 Å². The van der Waals surface area contributed by atoms with Gasteiger partial charge in [0.1, 0.15) is 0 Å². The predicted octanol–water partition coefficient (Wildman–Crippen LogP) is 3.68. The Kier molecular flexibility index (Phi) is 4.77. The lowest BCUT2D eigenvalue weighted by atomic mass is 9.86. The molecule has 1 heterocycles. The molecule has 1 aromatic carbocycles. The van der Waals surface area contributed by atoms with Crippen LogP contribution in [0.3, 0.4) is 0 Å². The standard InChI is InChI=1S/C20H30N2O/c1-20(2,3)17-10-8-16(9-11-17)19(23)22-14-12-21(13-15-22)18-6-4-5-7-18/h8-11,18H,4-7,12-15H2,1-3H3. The summed E-state index contributed by atoms with van der Waals surface area (Å²) >= 11 is 0. The molecule has 1 aliphatic heterocycles. The van der Waals surface area contributed by atoms with E-state index in [0.717, 1.165) is 37.8 Å². The maximum Gasteiger partial charge on any atom is 0.253 e. The first-order valence-electron chi connectivity index (χ1n) is 9.09. The third-order valence-corrected chi connectivity index (χ3v) is 5.44. The van der Waals surface area contributed by atoms with Crippen molar-refractivity contribution in [1.29, 1.82) is 0 Å². The van der Waals surface area contributed by atoms with Crippen LogP contribution in [-0.2, 0) is 5.41 Å². The van der Waals surface area contributed by atoms with Gasteiger partial charge in [-0.05, 0) is 36.0 Å². The van der Waals surface area contributed by atoms with Crippen LogP contribution in [0, 0.1) is 0 Å². The third kappa shape index (κ3) is 3.77. The van der Waals surface area contributed by atoms with E-state index < -0.39 is 0 Å². The number of benzene rings is 1. The number of hydrogen-bond donors (Lipinski definition) is 0. The summed E-state index contributed by atoms with van der Waals surface area (Å²) in [5.41, 5.74) is 2.24. The average Bonchev–Trinajstić information content (AvgIpc) is 3.08. The Labute approximate surface area is 140 Å². The van der Waals surface area contributed by atoms with Gasteiger partial charge in [-0.15, -0.1) is 0 Å². The summed E-state index contributed by atoms with van der Waals surface area (Å²) in [6, 6.07) is 8.96. The smallest absolute Gasteiger partial charge is 0.253 e. The lowest BCUT2D eigenvalue weighted by Crippen LogP contribution is -2.51. The molecule has 0 aromatic heterocycles. The minimum atomic E-state index is 0.133. The lowest BCUT2D eigenvalue weighted by molar-refractivity contribution is 0.0573. The molecule has 2 fully saturated rings. The predicted molar refractivity (Wildman–Crippen MR) is 94.9 cm³/mol. The number of carbonyl (C=O) groups is 1. The molecule has 0 bridgehead atoms. The minimum absolute atomic E-state index is 0.133. The van der Waals surface area contributed by atoms with Crippen molar-refractivity contribution in [3.63, 3.8) is 0 Å². The van der Waals surface area contributed by atoms with Crippen molar-refractivity contribution in [2.45, 2.75) is 57.9 Å². The summed E-state index contributed by atoms with van der Waals surface area (Å²) in [7, 11) is 0. The molecule has 0 radical (unpaired) electrons. The molecule has 1 aliphatic carbocycles. The summed E-state index contributed by atoms with van der Waals surface area (Å²) in [6.07, 6.45) is 5.46. The van der Waals surface area contributed by atoms with E-state index in [-0.39, 0.29) is 11.3 Å². The van der Waals surface area contributed by atoms with Crippen LogP contribution in [0.25, 0.3) is 0 Å². The number of amides is 1. The van der Waals surface area contributed by atoms with Gasteiger partial charge in [-0.1, -0.05) is 45.7 Å². The summed E-state index contributed by atoms with van der Waals surface area (Å²) in [6.45, 7) is 10.4. The zero-order chi connectivity index (χ0) is 16.4. The van der Waals surface area contributed by atoms with Crippen LogP contribution in [0.15, 0.2) is 24.3 Å². The first-order valence-corrected chi connectivity index (χ1v) is 9.09. The topological polar surface area (TPSA) is 23.6 Å². The monoisotopic (exact) mass is 314 g/mol. The van der Waals surface area contributed by atoms with Crippen molar-refractivity contribution >= 4 is 5.91 Å². The Bertz CT molecular complexity index is 530. The van der Waals surface area contributed by atoms with Crippen molar-refractivity contribution in [2.75, 3.05) is 26.2 Å². The fourth-order valence-electron chi connectivity index (χ4n) is 3.85. The molecule has 23 heavy (non-hydrogen) atoms. The molecule has 1 amide bonds. The molecule has 126 valence electrons. The van der Waals surface area contributed by atoms with Crippen molar-refractivity contribution in [3.05, 3.63) is 35.4 Å². The Hall–Kier alpha value is -1.35. The van der Waals surface area contributed by atoms with Crippen LogP contribution in [-0.4, -0.2) is 47.9 Å². The van der Waals surface area contributed by atoms with Gasteiger partial charge in [0.25, 0.3) is 5.91 Å². The molecule has 0 spiro atoms. The Balaban J connectivity index is 1.58. The second-order valence-corrected chi connectivity index (χ2v) is 8.09. The Morgan fingerprint density at radius 1 is 0.957 bits per heavy atom. The highest BCUT2D eigenvalue weighted by Crippen LogP contribution is 2.25. The van der Waals surface area contributed by atoms with E-state index >= 15 is 0 Å². The second kappa shape index (κ2) is 6.64. The molecule has 1 saturated heterocycles. The molecule has 0 N–H and O–H groups in total. The number of hydrogen-bond acceptors (Lipinski definition) is 2. The first kappa shape index (κ1) is 16.5. The van der Waals surface area contributed by atoms with Gasteiger partial charge in [0.05, 0.1) is 0 Å². The van der Waals surface area contributed by atoms with Crippen LogP contribution in [0.5, 0.6) is 0 Å². The fourth-order valence-corrected chi connectivity index (χ4v) is 3.85. The molecule has 0 atom stereocenters. The molecule has 0 unspecified atom stereocenters. The van der Waals surface area contributed by atoms with Crippen molar-refractivity contribution in [2.24, 2.45) is 0 Å². The van der Waals surface area contributed by atoms with Crippen LogP contribution in [0.2, 0.25) is 0 Å². The van der Waals surface area contributed by atoms with Crippen LogP contribution in [0.1, 0.15) is 62.4 Å². The third-order valence-electron chi connectivity index (χ3n) is 5.44. The summed E-state index contributed by atoms with van der Waals surface area (Å²) in [5, 5.41) is 0. The normalized spacial score (nSPS) is 20.9. The van der Waals surface area contributed by atoms with Crippen LogP contribution in [0.4, 0.5) is 0 Å². The average molecular weight is 314 g/mol. The molecule has 1 saturated carbocycles. The number of carbonyl (C=O) groups excluding carboxylic acids is 1. The zero-order valence-electron chi connectivity index (χ0n) is 14.8. The van der Waals surface area contributed by atoms with E-state index in [4.69, 9.17) is 0 Å². The molecule has 3 rings (SSSR count). The molecular weight excluding hydrogens is 284 g/mol. The Morgan fingerprint density at radius 3 is 2.04 bits per heavy atom. The van der Waals surface area contributed by atoms with Crippen LogP contribution < -0.4 is 0 Å². The largest absolute Gasteiger partial charge is 0.336 e. The van der Waals surface area contributed by atoms with E-state index in [0.29, 0.717) is 0 Å². The van der Waals surface area contributed by atoms with Crippen LogP contribution >= 0.6 is 0 Å². The second-order valence-electron chi connectivity index (χ2n) is 8.09. The number of nitrogens with zero attached hydrogens (tertiary/aromatic N) is 2. The van der Waals surface area contributed by atoms with E-state index in [2.05, 4.69) is 37.8 Å². The highest BCUT2D eigenvalue weighted by Gasteiger charge is 2.28. The number of rotatable bonds is 2. The van der Waals surface area contributed by atoms with Crippen molar-refractivity contribution in [1.82, 2.24) is 9.80 Å². The van der Waals surface area contributed by atoms with Crippen molar-refractivity contribution < 1.29 is 4.79 Å². The van der Waals surface area contributed by atoms with Gasteiger partial charge in [-0.3, -0.25) is 9.69 Å². The molecule has 2 aliphatic rings. The molecule has 3 heteroatoms. The summed E-state index contributed by atoms with van der Waals surface area (Å²) < 4.78 is 0. The van der Waals surface area contributed by atoms with Gasteiger partial charge in [0, 0.05) is 37.8 Å². The molecule has 1 aromatic rings. The van der Waals surface area contributed by atoms with E-state index in [1.807, 2.05) is 17.0 Å². The van der Waals surface area contributed by atoms with E-state index in [1.165, 1.54) is 31.2 Å². The maximum absolute atomic E-state index is 12.7. The lowest BCUT2D eigenvalue weighted by Gasteiger charge is -2.38. The van der Waals surface area contributed by atoms with E-state index in [9.17, 15) is 4.79 Å². The van der Waals surface area contributed by atoms with Crippen molar-refractivity contribution in [3.8, 4) is 0 Å². The highest BCUT2D eigenvalue weighted by atomic mass is 16.2.